The van der Waals surface area contributed by atoms with Crippen LogP contribution in [0.1, 0.15) is 25.8 Å². The summed E-state index contributed by atoms with van der Waals surface area (Å²) in [6, 6.07) is 6.65. The van der Waals surface area contributed by atoms with Crippen LogP contribution in [-0.2, 0) is 16.0 Å². The summed E-state index contributed by atoms with van der Waals surface area (Å²) in [4.78, 5) is 24.2. The summed E-state index contributed by atoms with van der Waals surface area (Å²) in [7, 11) is 0. The average Bonchev–Trinajstić information content (AvgIpc) is 2.86. The van der Waals surface area contributed by atoms with E-state index in [0.29, 0.717) is 19.3 Å². The third kappa shape index (κ3) is 2.61. The lowest BCUT2D eigenvalue weighted by Gasteiger charge is -2.33. The van der Waals surface area contributed by atoms with Crippen molar-refractivity contribution in [3.63, 3.8) is 0 Å². The summed E-state index contributed by atoms with van der Waals surface area (Å²) in [5.41, 5.74) is 0.998. The van der Waals surface area contributed by atoms with Gasteiger partial charge < -0.3 is 9.84 Å². The molecule has 20 heavy (non-hydrogen) atoms. The Morgan fingerprint density at radius 1 is 1.55 bits per heavy atom. The largest absolute Gasteiger partial charge is 0.480 e. The molecule has 3 unspecified atom stereocenters. The lowest BCUT2D eigenvalue weighted by Crippen LogP contribution is -2.51. The molecule has 0 fully saturated rings. The van der Waals surface area contributed by atoms with Gasteiger partial charge in [-0.3, -0.25) is 9.69 Å². The minimum atomic E-state index is -0.994. The number of amides is 1. The first-order chi connectivity index (χ1) is 9.58. The molecule has 108 valence electrons. The number of carbonyl (C=O) groups excluding carboxylic acids is 1. The molecule has 0 aromatic heterocycles. The molecule has 0 spiro atoms. The second-order valence-electron chi connectivity index (χ2n) is 5.11. The Bertz CT molecular complexity index is 477. The predicted molar refractivity (Wildman–Crippen MR) is 73.3 cm³/mol. The number of carboxylic acids is 1. The lowest BCUT2D eigenvalue weighted by molar-refractivity contribution is -0.154. The highest BCUT2D eigenvalue weighted by Gasteiger charge is 2.37. The summed E-state index contributed by atoms with van der Waals surface area (Å²) < 4.78 is 5.72. The molecule has 5 nitrogen and oxygen atoms in total. The quantitative estimate of drug-likeness (QED) is 0.806. The van der Waals surface area contributed by atoms with Crippen molar-refractivity contribution in [2.75, 3.05) is 0 Å². The third-order valence-corrected chi connectivity index (χ3v) is 3.84. The molecule has 0 bridgehead atoms. The number of carboxylic acid groups (broad SMARTS) is 1. The molecule has 0 saturated carbocycles. The van der Waals surface area contributed by atoms with Crippen molar-refractivity contribution >= 4 is 12.4 Å². The van der Waals surface area contributed by atoms with E-state index in [-0.39, 0.29) is 5.92 Å². The van der Waals surface area contributed by atoms with Crippen LogP contribution in [0, 0.1) is 5.92 Å². The van der Waals surface area contributed by atoms with Crippen LogP contribution >= 0.6 is 0 Å². The van der Waals surface area contributed by atoms with Gasteiger partial charge in [-0.15, -0.1) is 0 Å². The normalized spacial score (nSPS) is 19.6. The zero-order chi connectivity index (χ0) is 14.7. The monoisotopic (exact) mass is 277 g/mol. The number of para-hydroxylation sites is 1. The van der Waals surface area contributed by atoms with Gasteiger partial charge in [0.05, 0.1) is 0 Å². The molecule has 0 aliphatic carbocycles. The SMILES string of the molecule is CCC(C)C(C(=O)O)N(C=O)C1Cc2ccccc2O1. The van der Waals surface area contributed by atoms with Crippen LogP contribution in [-0.4, -0.2) is 34.7 Å². The smallest absolute Gasteiger partial charge is 0.326 e. The van der Waals surface area contributed by atoms with Crippen molar-refractivity contribution < 1.29 is 19.4 Å². The van der Waals surface area contributed by atoms with E-state index in [1.54, 1.807) is 0 Å². The summed E-state index contributed by atoms with van der Waals surface area (Å²) >= 11 is 0. The average molecular weight is 277 g/mol. The van der Waals surface area contributed by atoms with Gasteiger partial charge >= 0.3 is 5.97 Å². The molecule has 1 aromatic rings. The molecule has 1 aromatic carbocycles. The second kappa shape index (κ2) is 5.94. The fourth-order valence-corrected chi connectivity index (χ4v) is 2.53. The molecule has 1 heterocycles. The highest BCUT2D eigenvalue weighted by Crippen LogP contribution is 2.31. The Balaban J connectivity index is 2.21. The lowest BCUT2D eigenvalue weighted by atomic mass is 9.97. The first-order valence-corrected chi connectivity index (χ1v) is 6.78. The van der Waals surface area contributed by atoms with Gasteiger partial charge in [0.1, 0.15) is 11.8 Å². The van der Waals surface area contributed by atoms with E-state index in [1.807, 2.05) is 38.1 Å². The number of hydrogen-bond acceptors (Lipinski definition) is 3. The summed E-state index contributed by atoms with van der Waals surface area (Å²) in [5.74, 6) is -0.409. The molecule has 0 saturated heterocycles. The van der Waals surface area contributed by atoms with E-state index in [2.05, 4.69) is 0 Å². The van der Waals surface area contributed by atoms with E-state index in [9.17, 15) is 14.7 Å². The maximum absolute atomic E-state index is 11.5. The van der Waals surface area contributed by atoms with Crippen LogP contribution in [0.25, 0.3) is 0 Å². The highest BCUT2D eigenvalue weighted by molar-refractivity contribution is 5.76. The Hall–Kier alpha value is -2.04. The van der Waals surface area contributed by atoms with Crippen LogP contribution in [0.2, 0.25) is 0 Å². The number of benzene rings is 1. The van der Waals surface area contributed by atoms with Crippen LogP contribution in [0.15, 0.2) is 24.3 Å². The van der Waals surface area contributed by atoms with E-state index < -0.39 is 18.2 Å². The molecule has 3 atom stereocenters. The molecular weight excluding hydrogens is 258 g/mol. The molecule has 2 rings (SSSR count). The number of rotatable bonds is 6. The zero-order valence-electron chi connectivity index (χ0n) is 11.7. The molecule has 1 aliphatic heterocycles. The van der Waals surface area contributed by atoms with Gasteiger partial charge in [0.25, 0.3) is 0 Å². The van der Waals surface area contributed by atoms with E-state index >= 15 is 0 Å². The van der Waals surface area contributed by atoms with Gasteiger partial charge in [0, 0.05) is 6.42 Å². The fourth-order valence-electron chi connectivity index (χ4n) is 2.53. The summed E-state index contributed by atoms with van der Waals surface area (Å²) in [6.07, 6.45) is 1.25. The number of nitrogens with zero attached hydrogens (tertiary/aromatic N) is 1. The van der Waals surface area contributed by atoms with Crippen molar-refractivity contribution in [2.24, 2.45) is 5.92 Å². The Morgan fingerprint density at radius 3 is 2.80 bits per heavy atom. The van der Waals surface area contributed by atoms with Crippen LogP contribution < -0.4 is 4.74 Å². The van der Waals surface area contributed by atoms with Gasteiger partial charge in [0.2, 0.25) is 6.41 Å². The van der Waals surface area contributed by atoms with Crippen molar-refractivity contribution in [2.45, 2.75) is 39.0 Å². The number of fused-ring (bicyclic) bond motifs is 1. The van der Waals surface area contributed by atoms with E-state index in [0.717, 1.165) is 11.3 Å². The number of ether oxygens (including phenoxy) is 1. The highest BCUT2D eigenvalue weighted by atomic mass is 16.5. The zero-order valence-corrected chi connectivity index (χ0v) is 11.7. The molecule has 1 amide bonds. The van der Waals surface area contributed by atoms with Crippen LogP contribution in [0.5, 0.6) is 5.75 Å². The number of hydrogen-bond donors (Lipinski definition) is 1. The van der Waals surface area contributed by atoms with E-state index in [1.165, 1.54) is 4.90 Å². The predicted octanol–water partition coefficient (Wildman–Crippen LogP) is 1.91. The maximum Gasteiger partial charge on any atom is 0.326 e. The van der Waals surface area contributed by atoms with Crippen LogP contribution in [0.4, 0.5) is 0 Å². The number of aliphatic carboxylic acids is 1. The van der Waals surface area contributed by atoms with Gasteiger partial charge in [-0.05, 0) is 17.5 Å². The minimum absolute atomic E-state index is 0.134. The Labute approximate surface area is 118 Å². The Kier molecular flexibility index (Phi) is 4.27. The van der Waals surface area contributed by atoms with Gasteiger partial charge in [-0.1, -0.05) is 38.5 Å². The summed E-state index contributed by atoms with van der Waals surface area (Å²) in [5, 5.41) is 9.40. The number of carbonyl (C=O) groups is 2. The van der Waals surface area contributed by atoms with Gasteiger partial charge in [-0.2, -0.15) is 0 Å². The van der Waals surface area contributed by atoms with Crippen LogP contribution in [0.3, 0.4) is 0 Å². The van der Waals surface area contributed by atoms with Crippen molar-refractivity contribution in [1.82, 2.24) is 4.90 Å². The topological polar surface area (TPSA) is 66.8 Å². The first-order valence-electron chi connectivity index (χ1n) is 6.78. The second-order valence-corrected chi connectivity index (χ2v) is 5.11. The Morgan fingerprint density at radius 2 is 2.25 bits per heavy atom. The minimum Gasteiger partial charge on any atom is -0.480 e. The molecule has 5 heteroatoms. The maximum atomic E-state index is 11.5. The standard InChI is InChI=1S/C15H19NO4/c1-3-10(2)14(15(18)19)16(9-17)13-8-11-6-4-5-7-12(11)20-13/h4-7,9-10,13-14H,3,8H2,1-2H3,(H,18,19). The van der Waals surface area contributed by atoms with Gasteiger partial charge in [-0.25, -0.2) is 4.79 Å². The fraction of sp³-hybridized carbons (Fsp3) is 0.467. The molecular formula is C15H19NO4. The van der Waals surface area contributed by atoms with Crippen molar-refractivity contribution in [3.8, 4) is 5.75 Å². The van der Waals surface area contributed by atoms with Crippen molar-refractivity contribution in [3.05, 3.63) is 29.8 Å². The van der Waals surface area contributed by atoms with Crippen molar-refractivity contribution in [1.29, 1.82) is 0 Å². The third-order valence-electron chi connectivity index (χ3n) is 3.84. The van der Waals surface area contributed by atoms with E-state index in [4.69, 9.17) is 4.74 Å². The molecule has 1 aliphatic rings. The van der Waals surface area contributed by atoms with Gasteiger partial charge in [0.15, 0.2) is 6.23 Å². The summed E-state index contributed by atoms with van der Waals surface area (Å²) in [6.45, 7) is 3.74. The molecule has 1 N–H and O–H groups in total. The molecule has 0 radical (unpaired) electrons. The first kappa shape index (κ1) is 14.4.